The average molecular weight is 1920 g/mol. The van der Waals surface area contributed by atoms with Crippen LogP contribution in [-0.2, 0) is 46.2 Å². The number of fused-ring (bicyclic) bond motifs is 12. The SMILES string of the molecule is Cc1cn(P(=O)(Oc2cc(C(C)(C)C)cc3c2Oc2c(OP(=O)(n4cc(C)c5ccccc54)n4cc(C)c5ccccc54)cc(C(C)(C)C)cc2C3(C)C)n2cc(C)c3ccccc32)c2ccccc12.Cc1cn(P(Oc2cc(C(C)(C)C)cc3c2Oc2c(OP(=O)(n4cc(C)c5ccccc54)n4cc(C)c5ccccc54)cc(C(C)(C)C)cc2C3(C)C)n2cc(C)c3ccccc32)c2ccccc12. The minimum Gasteiger partial charge on any atom is -0.449 e. The van der Waals surface area contributed by atoms with Crippen LogP contribution in [0.3, 0.4) is 0 Å². The quantitative estimate of drug-likeness (QED) is 0.0863. The standard InChI is InChI=1S/C59H60N4O5P2.C59H60N4O4P2/c1-37-33-60(49-25-17-13-21-43(37)49)69(64,61-34-38(2)44-22-14-18-26-50(44)61)67-53-31-41(57(5,6)7)29-47-55(53)66-56-48(59(47,11)12)30-42(58(8,9)10)32-54(56)68-70(65,62-35-39(3)45-23-15-19-27-51(45)62)63-36-40(4)46-24-16-20-28-52(46)63;1-37-33-60(49-25-17-13-21-43(37)49)68(61-34-38(2)44-22-14-18-26-50(44)61)66-53-31-41(57(5,6)7)29-47-55(53)65-56-48(59(47,11)12)30-42(58(8,9)10)32-54(56)67-69(64,62-35-39(3)45-23-15-19-27-51(45)62)63-36-40(4)46-24-16-20-28-52(46)63/h13-36H,1-12H3;13-36H,1-12H3. The van der Waals surface area contributed by atoms with Crippen LogP contribution in [0.15, 0.2) is 292 Å². The largest absolute Gasteiger partial charge is 0.457 e. The van der Waals surface area contributed by atoms with Crippen LogP contribution in [0.25, 0.3) is 87.2 Å². The zero-order chi connectivity index (χ0) is 98.0. The fraction of sp³-hybridized carbons (Fsp3) is 0.254. The predicted molar refractivity (Wildman–Crippen MR) is 574 cm³/mol. The molecule has 706 valence electrons. The highest BCUT2D eigenvalue weighted by Gasteiger charge is 2.48. The van der Waals surface area contributed by atoms with E-state index in [1.807, 2.05) is 218 Å². The molecule has 21 heteroatoms. The number of benzene rings is 12. The number of nitrogens with zero attached hydrogens (tertiary/aromatic N) is 8. The van der Waals surface area contributed by atoms with Gasteiger partial charge in [-0.2, -0.15) is 0 Å². The van der Waals surface area contributed by atoms with E-state index in [1.54, 1.807) is 0 Å². The van der Waals surface area contributed by atoms with Crippen LogP contribution in [0.2, 0.25) is 0 Å². The van der Waals surface area contributed by atoms with Crippen LogP contribution in [-0.4, -0.2) is 34.7 Å². The van der Waals surface area contributed by atoms with E-state index in [2.05, 4.69) is 275 Å². The fourth-order valence-electron chi connectivity index (χ4n) is 20.6. The molecule has 0 amide bonds. The number of hydrogen-bond donors (Lipinski definition) is 0. The van der Waals surface area contributed by atoms with Crippen molar-refractivity contribution in [1.29, 1.82) is 0 Å². The molecule has 12 aromatic carbocycles. The van der Waals surface area contributed by atoms with E-state index < -0.39 is 42.3 Å². The number of hydrogen-bond acceptors (Lipinski definition) is 9. The van der Waals surface area contributed by atoms with Crippen LogP contribution in [0.4, 0.5) is 0 Å². The summed E-state index contributed by atoms with van der Waals surface area (Å²) in [4.78, 5) is 0. The van der Waals surface area contributed by atoms with Gasteiger partial charge in [0.1, 0.15) is 0 Å². The van der Waals surface area contributed by atoms with Crippen LogP contribution in [0.1, 0.15) is 200 Å². The Labute approximate surface area is 815 Å². The van der Waals surface area contributed by atoms with Gasteiger partial charge in [-0.15, -0.1) is 0 Å². The van der Waals surface area contributed by atoms with Crippen molar-refractivity contribution in [2.24, 2.45) is 0 Å². The lowest BCUT2D eigenvalue weighted by Gasteiger charge is -2.39. The molecule has 2 aliphatic rings. The molecule has 17 nitrogen and oxygen atoms in total. The van der Waals surface area contributed by atoms with Gasteiger partial charge < -0.3 is 27.6 Å². The maximum atomic E-state index is 16.8. The van der Waals surface area contributed by atoms with E-state index in [4.69, 9.17) is 27.6 Å². The van der Waals surface area contributed by atoms with Gasteiger partial charge in [-0.05, 0) is 217 Å². The molecule has 0 spiro atoms. The minimum atomic E-state index is -4.17. The first-order valence-electron chi connectivity index (χ1n) is 47.9. The van der Waals surface area contributed by atoms with Crippen LogP contribution < -0.4 is 27.6 Å². The van der Waals surface area contributed by atoms with Crippen molar-refractivity contribution in [3.63, 3.8) is 0 Å². The van der Waals surface area contributed by atoms with Gasteiger partial charge in [0.05, 0.1) is 44.1 Å². The predicted octanol–water partition coefficient (Wildman–Crippen LogP) is 34.0. The van der Waals surface area contributed by atoms with Crippen molar-refractivity contribution in [3.05, 3.63) is 381 Å². The first-order chi connectivity index (χ1) is 65.8. The molecule has 8 aromatic heterocycles. The Morgan fingerprint density at radius 1 is 0.252 bits per heavy atom. The smallest absolute Gasteiger partial charge is 0.449 e. The topological polar surface area (TPSA) is 146 Å². The number of aryl methyl sites for hydroxylation is 8. The molecule has 0 saturated carbocycles. The summed E-state index contributed by atoms with van der Waals surface area (Å²) in [6.45, 7) is 51.9. The second kappa shape index (κ2) is 32.8. The average Bonchev–Trinajstić information content (AvgIpc) is 1.67. The molecular formula is C118H120N8O9P4. The zero-order valence-corrected chi connectivity index (χ0v) is 87.3. The normalized spacial score (nSPS) is 14.0. The Hall–Kier alpha value is -13.1. The van der Waals surface area contributed by atoms with Gasteiger partial charge in [-0.25, -0.2) is 39.7 Å². The molecule has 139 heavy (non-hydrogen) atoms. The van der Waals surface area contributed by atoms with E-state index in [-0.39, 0.29) is 21.7 Å². The van der Waals surface area contributed by atoms with Crippen molar-refractivity contribution >= 4 is 119 Å². The third-order valence-corrected chi connectivity index (χ3v) is 37.1. The molecule has 2 aliphatic heterocycles. The van der Waals surface area contributed by atoms with Crippen molar-refractivity contribution < 1.29 is 41.3 Å². The van der Waals surface area contributed by atoms with Gasteiger partial charge in [0.15, 0.2) is 46.0 Å². The summed E-state index contributed by atoms with van der Waals surface area (Å²) in [6, 6.07) is 82.5. The molecule has 0 N–H and O–H groups in total. The Bertz CT molecular complexity index is 8060. The minimum absolute atomic E-state index is 0.233. The molecule has 20 aromatic rings. The molecular weight excluding hydrogens is 1800 g/mol. The summed E-state index contributed by atoms with van der Waals surface area (Å²) in [5.74, 6) is 3.64. The highest BCUT2D eigenvalue weighted by molar-refractivity contribution is 7.57. The van der Waals surface area contributed by atoms with Crippen molar-refractivity contribution in [2.75, 3.05) is 0 Å². The van der Waals surface area contributed by atoms with E-state index >= 15 is 13.7 Å². The number of para-hydroxylation sites is 8. The molecule has 0 aliphatic carbocycles. The number of aromatic nitrogens is 8. The van der Waals surface area contributed by atoms with Crippen molar-refractivity contribution in [1.82, 2.24) is 34.7 Å². The van der Waals surface area contributed by atoms with E-state index in [9.17, 15) is 0 Å². The zero-order valence-electron chi connectivity index (χ0n) is 83.8. The fourth-order valence-corrected chi connectivity index (χ4v) is 29.5. The van der Waals surface area contributed by atoms with Crippen molar-refractivity contribution in [2.45, 2.75) is 199 Å². The summed E-state index contributed by atoms with van der Waals surface area (Å²) in [6.07, 6.45) is 16.1. The van der Waals surface area contributed by atoms with Gasteiger partial charge in [0, 0.05) is 126 Å². The van der Waals surface area contributed by atoms with Crippen molar-refractivity contribution in [3.8, 4) is 46.0 Å². The Morgan fingerprint density at radius 3 is 0.647 bits per heavy atom. The lowest BCUT2D eigenvalue weighted by atomic mass is 9.72. The Kier molecular flexibility index (Phi) is 21.7. The summed E-state index contributed by atoms with van der Waals surface area (Å²) < 4.78 is 111. The lowest BCUT2D eigenvalue weighted by Crippen LogP contribution is -2.28. The molecule has 10 heterocycles. The molecule has 0 saturated heterocycles. The highest BCUT2D eigenvalue weighted by atomic mass is 31.2. The maximum Gasteiger partial charge on any atom is 0.457 e. The summed E-state index contributed by atoms with van der Waals surface area (Å²) >= 11 is 0. The molecule has 0 atom stereocenters. The Balaban J connectivity index is 0.000000165. The van der Waals surface area contributed by atoms with E-state index in [1.165, 1.54) is 21.9 Å². The second-order valence-corrected chi connectivity index (χ2v) is 51.0. The highest BCUT2D eigenvalue weighted by Crippen LogP contribution is 2.67. The Morgan fingerprint density at radius 2 is 0.432 bits per heavy atom. The van der Waals surface area contributed by atoms with Gasteiger partial charge in [-0.1, -0.05) is 281 Å². The van der Waals surface area contributed by atoms with Crippen LogP contribution >= 0.6 is 31.5 Å². The maximum absolute atomic E-state index is 16.8. The van der Waals surface area contributed by atoms with Gasteiger partial charge in [-0.3, -0.25) is 8.68 Å². The number of rotatable bonds is 16. The first kappa shape index (κ1) is 92.2. The summed E-state index contributed by atoms with van der Waals surface area (Å²) in [5.41, 5.74) is 20.5. The second-order valence-electron chi connectivity index (χ2n) is 43.3. The molecule has 0 fully saturated rings. The van der Waals surface area contributed by atoms with E-state index in [0.717, 1.165) is 154 Å². The summed E-state index contributed by atoms with van der Waals surface area (Å²) in [5, 5.41) is 8.29. The van der Waals surface area contributed by atoms with E-state index in [0.29, 0.717) is 46.0 Å². The molecule has 22 rings (SSSR count). The van der Waals surface area contributed by atoms with Gasteiger partial charge in [0.2, 0.25) is 0 Å². The lowest BCUT2D eigenvalue weighted by molar-refractivity contribution is 0.369. The monoisotopic (exact) mass is 1920 g/mol. The molecule has 0 bridgehead atoms. The van der Waals surface area contributed by atoms with Gasteiger partial charge in [0.25, 0.3) is 0 Å². The molecule has 0 unspecified atom stereocenters. The third-order valence-electron chi connectivity index (χ3n) is 28.8. The van der Waals surface area contributed by atoms with Crippen LogP contribution in [0.5, 0.6) is 46.0 Å². The number of ether oxygens (including phenoxy) is 2. The first-order valence-corrected chi connectivity index (χ1v) is 53.7. The van der Waals surface area contributed by atoms with Crippen LogP contribution in [0, 0.1) is 55.4 Å². The summed E-state index contributed by atoms with van der Waals surface area (Å²) in [7, 11) is -14.1. The van der Waals surface area contributed by atoms with Gasteiger partial charge >= 0.3 is 31.5 Å². The molecule has 0 radical (unpaired) electrons. The third kappa shape index (κ3) is 15.1.